The standard InChI is InChI=1S/C24H29N3O2/c1-17-21(18(2)26-23(28)29-24(3,4)5)12-9-13-22(17)20-14-25-27(16-20)15-19-10-7-6-8-11-19/h6-14,16,18H,15H2,1-5H3,(H,26,28). The maximum Gasteiger partial charge on any atom is 0.408 e. The molecule has 0 aliphatic carbocycles. The maximum atomic E-state index is 12.1. The van der Waals surface area contributed by atoms with Gasteiger partial charge in [0.1, 0.15) is 5.60 Å². The van der Waals surface area contributed by atoms with Gasteiger partial charge >= 0.3 is 6.09 Å². The van der Waals surface area contributed by atoms with E-state index in [1.165, 1.54) is 5.56 Å². The molecule has 3 aromatic rings. The van der Waals surface area contributed by atoms with Crippen molar-refractivity contribution in [2.24, 2.45) is 0 Å². The number of benzene rings is 2. The minimum absolute atomic E-state index is 0.163. The summed E-state index contributed by atoms with van der Waals surface area (Å²) in [6.07, 6.45) is 3.54. The van der Waals surface area contributed by atoms with Gasteiger partial charge in [-0.05, 0) is 56.9 Å². The quantitative estimate of drug-likeness (QED) is 0.625. The van der Waals surface area contributed by atoms with Gasteiger partial charge < -0.3 is 10.1 Å². The Balaban J connectivity index is 1.77. The van der Waals surface area contributed by atoms with Gasteiger partial charge in [0.25, 0.3) is 0 Å². The highest BCUT2D eigenvalue weighted by Crippen LogP contribution is 2.29. The first-order chi connectivity index (χ1) is 13.7. The number of carbonyl (C=O) groups is 1. The zero-order valence-corrected chi connectivity index (χ0v) is 17.8. The molecule has 0 aliphatic heterocycles. The second-order valence-corrected chi connectivity index (χ2v) is 8.30. The summed E-state index contributed by atoms with van der Waals surface area (Å²) in [5.74, 6) is 0. The van der Waals surface area contributed by atoms with E-state index in [-0.39, 0.29) is 6.04 Å². The number of nitrogens with one attached hydrogen (secondary N) is 1. The van der Waals surface area contributed by atoms with Crippen LogP contribution in [0.5, 0.6) is 0 Å². The lowest BCUT2D eigenvalue weighted by Gasteiger charge is -2.23. The molecular weight excluding hydrogens is 362 g/mol. The lowest BCUT2D eigenvalue weighted by Crippen LogP contribution is -2.34. The Morgan fingerprint density at radius 1 is 1.14 bits per heavy atom. The van der Waals surface area contributed by atoms with Crippen molar-refractivity contribution in [3.8, 4) is 11.1 Å². The van der Waals surface area contributed by atoms with Crippen molar-refractivity contribution < 1.29 is 9.53 Å². The van der Waals surface area contributed by atoms with Crippen LogP contribution in [0, 0.1) is 6.92 Å². The van der Waals surface area contributed by atoms with Gasteiger partial charge in [0, 0.05) is 11.8 Å². The SMILES string of the molecule is Cc1c(-c2cnn(Cc3ccccc3)c2)cccc1C(C)NC(=O)OC(C)(C)C. The first-order valence-corrected chi connectivity index (χ1v) is 9.89. The third-order valence-corrected chi connectivity index (χ3v) is 4.71. The molecule has 0 saturated heterocycles. The van der Waals surface area contributed by atoms with Crippen LogP contribution in [0.2, 0.25) is 0 Å². The van der Waals surface area contributed by atoms with Crippen molar-refractivity contribution in [3.63, 3.8) is 0 Å². The van der Waals surface area contributed by atoms with E-state index in [1.54, 1.807) is 0 Å². The Morgan fingerprint density at radius 2 is 1.86 bits per heavy atom. The number of aromatic nitrogens is 2. The van der Waals surface area contributed by atoms with Crippen LogP contribution < -0.4 is 5.32 Å². The van der Waals surface area contributed by atoms with Crippen LogP contribution in [0.15, 0.2) is 60.9 Å². The molecule has 1 aromatic heterocycles. The molecule has 1 amide bonds. The fourth-order valence-electron chi connectivity index (χ4n) is 3.36. The van der Waals surface area contributed by atoms with E-state index in [9.17, 15) is 4.79 Å². The predicted molar refractivity (Wildman–Crippen MR) is 116 cm³/mol. The number of hydrogen-bond acceptors (Lipinski definition) is 3. The molecule has 0 fully saturated rings. The Labute approximate surface area is 172 Å². The molecule has 0 radical (unpaired) electrons. The maximum absolute atomic E-state index is 12.1. The molecule has 0 saturated carbocycles. The van der Waals surface area contributed by atoms with Gasteiger partial charge in [0.05, 0.1) is 18.8 Å². The van der Waals surface area contributed by atoms with Crippen LogP contribution in [-0.2, 0) is 11.3 Å². The zero-order valence-electron chi connectivity index (χ0n) is 17.8. The minimum atomic E-state index is -0.520. The average molecular weight is 392 g/mol. The van der Waals surface area contributed by atoms with Gasteiger partial charge in [-0.15, -0.1) is 0 Å². The van der Waals surface area contributed by atoms with Gasteiger partial charge in [0.2, 0.25) is 0 Å². The van der Waals surface area contributed by atoms with Gasteiger partial charge in [-0.1, -0.05) is 48.5 Å². The zero-order chi connectivity index (χ0) is 21.0. The van der Waals surface area contributed by atoms with Gasteiger partial charge in [-0.3, -0.25) is 4.68 Å². The Hall–Kier alpha value is -3.08. The van der Waals surface area contributed by atoms with E-state index < -0.39 is 11.7 Å². The molecule has 5 nitrogen and oxygen atoms in total. The number of nitrogens with zero attached hydrogens (tertiary/aromatic N) is 2. The second kappa shape index (κ2) is 8.52. The summed E-state index contributed by atoms with van der Waals surface area (Å²) in [4.78, 5) is 12.1. The van der Waals surface area contributed by atoms with Crippen LogP contribution in [0.3, 0.4) is 0 Å². The Morgan fingerprint density at radius 3 is 2.55 bits per heavy atom. The van der Waals surface area contributed by atoms with Crippen LogP contribution in [0.1, 0.15) is 50.4 Å². The summed E-state index contributed by atoms with van der Waals surface area (Å²) in [6.45, 7) is 10.3. The third-order valence-electron chi connectivity index (χ3n) is 4.71. The Kier molecular flexibility index (Phi) is 6.06. The molecule has 3 rings (SSSR count). The fraction of sp³-hybridized carbons (Fsp3) is 0.333. The molecule has 2 aromatic carbocycles. The van der Waals surface area contributed by atoms with Crippen molar-refractivity contribution in [1.29, 1.82) is 0 Å². The molecule has 29 heavy (non-hydrogen) atoms. The van der Waals surface area contributed by atoms with E-state index in [0.29, 0.717) is 0 Å². The smallest absolute Gasteiger partial charge is 0.408 e. The largest absolute Gasteiger partial charge is 0.444 e. The molecule has 0 spiro atoms. The van der Waals surface area contributed by atoms with Gasteiger partial charge in [-0.2, -0.15) is 5.10 Å². The fourth-order valence-corrected chi connectivity index (χ4v) is 3.36. The number of carbonyl (C=O) groups excluding carboxylic acids is 1. The summed E-state index contributed by atoms with van der Waals surface area (Å²) in [5.41, 5.74) is 5.04. The summed E-state index contributed by atoms with van der Waals surface area (Å²) >= 11 is 0. The third kappa shape index (κ3) is 5.47. The highest BCUT2D eigenvalue weighted by atomic mass is 16.6. The summed E-state index contributed by atoms with van der Waals surface area (Å²) in [5, 5.41) is 7.45. The van der Waals surface area contributed by atoms with Crippen molar-refractivity contribution in [3.05, 3.63) is 77.6 Å². The number of rotatable bonds is 5. The van der Waals surface area contributed by atoms with Gasteiger partial charge in [0.15, 0.2) is 0 Å². The van der Waals surface area contributed by atoms with E-state index >= 15 is 0 Å². The summed E-state index contributed by atoms with van der Waals surface area (Å²) in [6, 6.07) is 16.2. The number of amides is 1. The van der Waals surface area contributed by atoms with Gasteiger partial charge in [-0.25, -0.2) is 4.79 Å². The first-order valence-electron chi connectivity index (χ1n) is 9.89. The van der Waals surface area contributed by atoms with Crippen molar-refractivity contribution in [2.45, 2.75) is 52.8 Å². The van der Waals surface area contributed by atoms with Crippen LogP contribution in [0.25, 0.3) is 11.1 Å². The monoisotopic (exact) mass is 391 g/mol. The topological polar surface area (TPSA) is 56.2 Å². The molecule has 0 aliphatic rings. The van der Waals surface area contributed by atoms with E-state index in [4.69, 9.17) is 4.74 Å². The number of alkyl carbamates (subject to hydrolysis) is 1. The van der Waals surface area contributed by atoms with E-state index in [1.807, 2.05) is 68.9 Å². The van der Waals surface area contributed by atoms with Crippen LogP contribution in [0.4, 0.5) is 4.79 Å². The molecule has 152 valence electrons. The van der Waals surface area contributed by atoms with E-state index in [2.05, 4.69) is 41.7 Å². The lowest BCUT2D eigenvalue weighted by molar-refractivity contribution is 0.0508. The summed E-state index contributed by atoms with van der Waals surface area (Å²) in [7, 11) is 0. The van der Waals surface area contributed by atoms with E-state index in [0.717, 1.165) is 28.8 Å². The predicted octanol–water partition coefficient (Wildman–Crippen LogP) is 5.49. The Bertz CT molecular complexity index is 971. The minimum Gasteiger partial charge on any atom is -0.444 e. The molecule has 1 unspecified atom stereocenters. The molecule has 5 heteroatoms. The lowest BCUT2D eigenvalue weighted by atomic mass is 9.95. The molecule has 1 atom stereocenters. The normalized spacial score (nSPS) is 12.4. The number of hydrogen-bond donors (Lipinski definition) is 1. The second-order valence-electron chi connectivity index (χ2n) is 8.30. The van der Waals surface area contributed by atoms with Crippen molar-refractivity contribution >= 4 is 6.09 Å². The highest BCUT2D eigenvalue weighted by Gasteiger charge is 2.20. The highest BCUT2D eigenvalue weighted by molar-refractivity contribution is 5.70. The molecular formula is C24H29N3O2. The van der Waals surface area contributed by atoms with Crippen LogP contribution >= 0.6 is 0 Å². The first kappa shape index (κ1) is 20.6. The van der Waals surface area contributed by atoms with Crippen LogP contribution in [-0.4, -0.2) is 21.5 Å². The van der Waals surface area contributed by atoms with Crippen molar-refractivity contribution in [1.82, 2.24) is 15.1 Å². The number of ether oxygens (including phenoxy) is 1. The molecule has 1 heterocycles. The molecule has 0 bridgehead atoms. The summed E-state index contributed by atoms with van der Waals surface area (Å²) < 4.78 is 7.32. The average Bonchev–Trinajstić information content (AvgIpc) is 3.09. The van der Waals surface area contributed by atoms with Crippen molar-refractivity contribution in [2.75, 3.05) is 0 Å². The molecule has 1 N–H and O–H groups in total.